The van der Waals surface area contributed by atoms with Gasteiger partial charge in [-0.1, -0.05) is 32.0 Å². The third-order valence-electron chi connectivity index (χ3n) is 3.15. The Morgan fingerprint density at radius 1 is 1.15 bits per heavy atom. The Bertz CT molecular complexity index is 571. The molecule has 0 saturated carbocycles. The number of carbonyl (C=O) groups is 1. The Balaban J connectivity index is 2.20. The third kappa shape index (κ3) is 3.26. The van der Waals surface area contributed by atoms with E-state index in [9.17, 15) is 4.79 Å². The second kappa shape index (κ2) is 6.89. The number of nitrogens with zero attached hydrogens (tertiary/aromatic N) is 2. The number of anilines is 1. The summed E-state index contributed by atoms with van der Waals surface area (Å²) in [5.41, 5.74) is 1.60. The number of carbonyl (C=O) groups excluding carboxylic acids is 1. The van der Waals surface area contributed by atoms with Crippen LogP contribution in [0.4, 0.5) is 10.5 Å². The van der Waals surface area contributed by atoms with Crippen molar-refractivity contribution in [3.63, 3.8) is 0 Å². The molecule has 0 aliphatic heterocycles. The van der Waals surface area contributed by atoms with E-state index in [4.69, 9.17) is 0 Å². The average Bonchev–Trinajstić information content (AvgIpc) is 2.47. The van der Waals surface area contributed by atoms with Crippen molar-refractivity contribution in [1.82, 2.24) is 9.88 Å². The first-order chi connectivity index (χ1) is 9.76. The van der Waals surface area contributed by atoms with Crippen molar-refractivity contribution in [2.75, 3.05) is 18.4 Å². The Morgan fingerprint density at radius 3 is 2.55 bits per heavy atom. The molecule has 20 heavy (non-hydrogen) atoms. The molecule has 1 aromatic heterocycles. The van der Waals surface area contributed by atoms with Crippen LogP contribution in [-0.2, 0) is 0 Å². The summed E-state index contributed by atoms with van der Waals surface area (Å²) >= 11 is 0. The molecule has 106 valence electrons. The van der Waals surface area contributed by atoms with Gasteiger partial charge in [0.1, 0.15) is 0 Å². The first-order valence-electron chi connectivity index (χ1n) is 7.16. The van der Waals surface area contributed by atoms with E-state index in [0.29, 0.717) is 0 Å². The highest BCUT2D eigenvalue weighted by Crippen LogP contribution is 2.21. The molecule has 2 rings (SSSR count). The van der Waals surface area contributed by atoms with E-state index in [1.165, 1.54) is 0 Å². The molecule has 0 aliphatic rings. The van der Waals surface area contributed by atoms with Gasteiger partial charge in [-0.3, -0.25) is 4.98 Å². The third-order valence-corrected chi connectivity index (χ3v) is 3.15. The molecule has 1 aromatic carbocycles. The van der Waals surface area contributed by atoms with Crippen molar-refractivity contribution < 1.29 is 4.79 Å². The van der Waals surface area contributed by atoms with E-state index in [2.05, 4.69) is 24.1 Å². The molecular formula is C16H21N3O. The standard InChI is InChI=1S/C16H21N3O/c1-3-11-19(12-4-2)16(20)18-14-9-5-7-13-8-6-10-17-15(13)14/h5-10H,3-4,11-12H2,1-2H3,(H,18,20). The Morgan fingerprint density at radius 2 is 1.85 bits per heavy atom. The summed E-state index contributed by atoms with van der Waals surface area (Å²) in [6.07, 6.45) is 3.66. The first-order valence-corrected chi connectivity index (χ1v) is 7.16. The average molecular weight is 271 g/mol. The minimum Gasteiger partial charge on any atom is -0.325 e. The predicted octanol–water partition coefficient (Wildman–Crippen LogP) is 3.89. The normalized spacial score (nSPS) is 10.5. The lowest BCUT2D eigenvalue weighted by atomic mass is 10.2. The van der Waals surface area contributed by atoms with Crippen LogP contribution in [0, 0.1) is 0 Å². The Hall–Kier alpha value is -2.10. The largest absolute Gasteiger partial charge is 0.325 e. The van der Waals surface area contributed by atoms with Crippen LogP contribution < -0.4 is 5.32 Å². The summed E-state index contributed by atoms with van der Waals surface area (Å²) in [4.78, 5) is 18.5. The number of para-hydroxylation sites is 1. The van der Waals surface area contributed by atoms with E-state index in [-0.39, 0.29) is 6.03 Å². The zero-order valence-corrected chi connectivity index (χ0v) is 12.1. The number of aromatic nitrogens is 1. The van der Waals surface area contributed by atoms with Gasteiger partial charge in [0.25, 0.3) is 0 Å². The SMILES string of the molecule is CCCN(CCC)C(=O)Nc1cccc2cccnc12. The van der Waals surface area contributed by atoms with Gasteiger partial charge in [0.15, 0.2) is 0 Å². The second-order valence-electron chi connectivity index (χ2n) is 4.80. The van der Waals surface area contributed by atoms with Crippen LogP contribution in [0.25, 0.3) is 10.9 Å². The Kier molecular flexibility index (Phi) is 4.93. The summed E-state index contributed by atoms with van der Waals surface area (Å²) in [6.45, 7) is 5.71. The molecule has 1 N–H and O–H groups in total. The van der Waals surface area contributed by atoms with Crippen LogP contribution in [0.15, 0.2) is 36.5 Å². The van der Waals surface area contributed by atoms with Gasteiger partial charge >= 0.3 is 6.03 Å². The predicted molar refractivity (Wildman–Crippen MR) is 82.9 cm³/mol. The first kappa shape index (κ1) is 14.3. The molecule has 0 spiro atoms. The monoisotopic (exact) mass is 271 g/mol. The summed E-state index contributed by atoms with van der Waals surface area (Å²) < 4.78 is 0. The van der Waals surface area contributed by atoms with Crippen LogP contribution in [0.1, 0.15) is 26.7 Å². The minimum absolute atomic E-state index is 0.0492. The minimum atomic E-state index is -0.0492. The number of hydrogen-bond acceptors (Lipinski definition) is 2. The van der Waals surface area contributed by atoms with Crippen LogP contribution in [0.5, 0.6) is 0 Å². The van der Waals surface area contributed by atoms with Crippen LogP contribution >= 0.6 is 0 Å². The zero-order chi connectivity index (χ0) is 14.4. The number of rotatable bonds is 5. The van der Waals surface area contributed by atoms with Gasteiger partial charge in [0.2, 0.25) is 0 Å². The number of amides is 2. The summed E-state index contributed by atoms with van der Waals surface area (Å²) in [5, 5.41) is 4.01. The van der Waals surface area contributed by atoms with E-state index in [0.717, 1.165) is 42.5 Å². The maximum atomic E-state index is 12.3. The highest BCUT2D eigenvalue weighted by Gasteiger charge is 2.13. The second-order valence-corrected chi connectivity index (χ2v) is 4.80. The number of pyridine rings is 1. The van der Waals surface area contributed by atoms with Gasteiger partial charge in [-0.15, -0.1) is 0 Å². The number of benzene rings is 1. The lowest BCUT2D eigenvalue weighted by Gasteiger charge is -2.22. The summed E-state index contributed by atoms with van der Waals surface area (Å²) in [6, 6.07) is 9.66. The number of fused-ring (bicyclic) bond motifs is 1. The molecular weight excluding hydrogens is 250 g/mol. The van der Waals surface area contributed by atoms with Crippen molar-refractivity contribution >= 4 is 22.6 Å². The number of hydrogen-bond donors (Lipinski definition) is 1. The van der Waals surface area contributed by atoms with Crippen LogP contribution in [0.2, 0.25) is 0 Å². The molecule has 2 amide bonds. The molecule has 0 fully saturated rings. The van der Waals surface area contributed by atoms with Crippen molar-refractivity contribution in [1.29, 1.82) is 0 Å². The Labute approximate surface area is 119 Å². The number of urea groups is 1. The molecule has 0 saturated heterocycles. The fourth-order valence-corrected chi connectivity index (χ4v) is 2.25. The highest BCUT2D eigenvalue weighted by atomic mass is 16.2. The molecule has 0 unspecified atom stereocenters. The van der Waals surface area contributed by atoms with Crippen molar-refractivity contribution in [2.45, 2.75) is 26.7 Å². The molecule has 0 radical (unpaired) electrons. The van der Waals surface area contributed by atoms with E-state index in [1.807, 2.05) is 35.2 Å². The van der Waals surface area contributed by atoms with Crippen molar-refractivity contribution in [3.8, 4) is 0 Å². The summed E-state index contributed by atoms with van der Waals surface area (Å²) in [7, 11) is 0. The highest BCUT2D eigenvalue weighted by molar-refractivity contribution is 5.99. The molecule has 0 atom stereocenters. The summed E-state index contributed by atoms with van der Waals surface area (Å²) in [5.74, 6) is 0. The number of nitrogens with one attached hydrogen (secondary N) is 1. The molecule has 1 heterocycles. The quantitative estimate of drug-likeness (QED) is 0.896. The van der Waals surface area contributed by atoms with E-state index in [1.54, 1.807) is 6.20 Å². The maximum absolute atomic E-state index is 12.3. The van der Waals surface area contributed by atoms with Gasteiger partial charge in [-0.25, -0.2) is 4.79 Å². The van der Waals surface area contributed by atoms with Gasteiger partial charge in [-0.05, 0) is 25.0 Å². The van der Waals surface area contributed by atoms with Gasteiger partial charge in [-0.2, -0.15) is 0 Å². The zero-order valence-electron chi connectivity index (χ0n) is 12.1. The fourth-order valence-electron chi connectivity index (χ4n) is 2.25. The van der Waals surface area contributed by atoms with Crippen molar-refractivity contribution in [3.05, 3.63) is 36.5 Å². The topological polar surface area (TPSA) is 45.2 Å². The lowest BCUT2D eigenvalue weighted by molar-refractivity contribution is 0.211. The molecule has 0 aliphatic carbocycles. The molecule has 2 aromatic rings. The molecule has 4 nitrogen and oxygen atoms in total. The smallest absolute Gasteiger partial charge is 0.321 e. The van der Waals surface area contributed by atoms with Crippen LogP contribution in [-0.4, -0.2) is 29.0 Å². The molecule has 4 heteroatoms. The van der Waals surface area contributed by atoms with Crippen molar-refractivity contribution in [2.24, 2.45) is 0 Å². The van der Waals surface area contributed by atoms with E-state index >= 15 is 0 Å². The van der Waals surface area contributed by atoms with Gasteiger partial charge in [0, 0.05) is 24.7 Å². The van der Waals surface area contributed by atoms with Crippen LogP contribution in [0.3, 0.4) is 0 Å². The van der Waals surface area contributed by atoms with Gasteiger partial charge < -0.3 is 10.2 Å². The fraction of sp³-hybridized carbons (Fsp3) is 0.375. The van der Waals surface area contributed by atoms with E-state index < -0.39 is 0 Å². The lowest BCUT2D eigenvalue weighted by Crippen LogP contribution is -2.36. The van der Waals surface area contributed by atoms with Gasteiger partial charge in [0.05, 0.1) is 11.2 Å². The molecule has 0 bridgehead atoms. The maximum Gasteiger partial charge on any atom is 0.321 e.